The summed E-state index contributed by atoms with van der Waals surface area (Å²) in [6, 6.07) is -1.02. The molecule has 8 atom stereocenters. The maximum atomic E-state index is 13.5. The summed E-state index contributed by atoms with van der Waals surface area (Å²) in [5, 5.41) is 57.5. The van der Waals surface area contributed by atoms with Gasteiger partial charge in [-0.3, -0.25) is 9.59 Å². The Labute approximate surface area is 574 Å². The second-order valence-electron chi connectivity index (χ2n) is 28.5. The van der Waals surface area contributed by atoms with Crippen LogP contribution in [0.3, 0.4) is 0 Å². The minimum absolute atomic E-state index is 0.130. The highest BCUT2D eigenvalue weighted by molar-refractivity contribution is 5.80. The van der Waals surface area contributed by atoms with E-state index < -0.39 is 67.4 Å². The van der Waals surface area contributed by atoms with Crippen molar-refractivity contribution in [2.75, 3.05) is 13.2 Å². The Hall–Kier alpha value is -2.12. The van der Waals surface area contributed by atoms with E-state index >= 15 is 0 Å². The molecular formula is C82H155NO10. The fraction of sp³-hybridized carbons (Fsp3) is 0.902. The van der Waals surface area contributed by atoms with Gasteiger partial charge in [0.2, 0.25) is 5.91 Å². The number of hydrogen-bond donors (Lipinski definition) is 6. The van der Waals surface area contributed by atoms with E-state index in [4.69, 9.17) is 14.2 Å². The third-order valence-electron chi connectivity index (χ3n) is 19.5. The van der Waals surface area contributed by atoms with Crippen LogP contribution in [-0.4, -0.2) is 99.6 Å². The van der Waals surface area contributed by atoms with E-state index in [-0.39, 0.29) is 13.0 Å². The lowest BCUT2D eigenvalue weighted by atomic mass is 9.99. The molecule has 8 unspecified atom stereocenters. The highest BCUT2D eigenvalue weighted by atomic mass is 16.7. The molecule has 0 aromatic carbocycles. The molecule has 0 saturated carbocycles. The Morgan fingerprint density at radius 3 is 1.12 bits per heavy atom. The minimum atomic E-state index is -1.61. The summed E-state index contributed by atoms with van der Waals surface area (Å²) in [7, 11) is 0. The molecule has 11 heteroatoms. The first-order chi connectivity index (χ1) is 45.7. The summed E-state index contributed by atoms with van der Waals surface area (Å²) in [5.74, 6) is -1.17. The van der Waals surface area contributed by atoms with Crippen molar-refractivity contribution < 1.29 is 49.3 Å². The summed E-state index contributed by atoms with van der Waals surface area (Å²) >= 11 is 0. The first-order valence-electron chi connectivity index (χ1n) is 40.8. The zero-order valence-electron chi connectivity index (χ0n) is 61.4. The summed E-state index contributed by atoms with van der Waals surface area (Å²) in [6.45, 7) is 5.85. The molecule has 0 radical (unpaired) electrons. The van der Waals surface area contributed by atoms with Crippen LogP contribution < -0.4 is 5.32 Å². The molecular weight excluding hydrogens is 1160 g/mol. The molecule has 0 aromatic heterocycles. The Morgan fingerprint density at radius 2 is 0.742 bits per heavy atom. The third kappa shape index (κ3) is 56.5. The molecule has 0 aliphatic carbocycles. The Balaban J connectivity index is 2.48. The van der Waals surface area contributed by atoms with Crippen molar-refractivity contribution in [2.24, 2.45) is 0 Å². The van der Waals surface area contributed by atoms with E-state index in [0.29, 0.717) is 19.3 Å². The number of aliphatic hydroxyl groups excluding tert-OH is 5. The molecule has 1 rings (SSSR count). The first-order valence-corrected chi connectivity index (χ1v) is 40.8. The van der Waals surface area contributed by atoms with Gasteiger partial charge in [-0.2, -0.15) is 0 Å². The molecule has 1 amide bonds. The summed E-state index contributed by atoms with van der Waals surface area (Å²) in [5.41, 5.74) is 0. The van der Waals surface area contributed by atoms with Gasteiger partial charge in [-0.1, -0.05) is 385 Å². The molecule has 548 valence electrons. The Morgan fingerprint density at radius 1 is 0.419 bits per heavy atom. The molecule has 1 aliphatic heterocycles. The SMILES string of the molecule is CCCCC/C=C\C/C=C\CCCCCCCCCCCCCCCCC(O)C(=O)NC(COC1OC(CO)C(O)C(O)C1OC(=O)CCCCCCCCCCCCCCCCCCCCCCCCCCCCC)C(O)/C=C/CCCCCCCCCCCCC. The van der Waals surface area contributed by atoms with Gasteiger partial charge >= 0.3 is 5.97 Å². The Bertz CT molecular complexity index is 1660. The largest absolute Gasteiger partial charge is 0.454 e. The minimum Gasteiger partial charge on any atom is -0.454 e. The average Bonchev–Trinajstić information content (AvgIpc) is 0.918. The van der Waals surface area contributed by atoms with E-state index in [1.54, 1.807) is 6.08 Å². The van der Waals surface area contributed by atoms with Gasteiger partial charge in [0.15, 0.2) is 12.4 Å². The fourth-order valence-corrected chi connectivity index (χ4v) is 13.2. The topological polar surface area (TPSA) is 175 Å². The number of rotatable bonds is 72. The van der Waals surface area contributed by atoms with Crippen LogP contribution in [0.15, 0.2) is 36.5 Å². The molecule has 11 nitrogen and oxygen atoms in total. The van der Waals surface area contributed by atoms with Crippen LogP contribution >= 0.6 is 0 Å². The zero-order chi connectivity index (χ0) is 67.4. The predicted molar refractivity (Wildman–Crippen MR) is 394 cm³/mol. The monoisotopic (exact) mass is 1310 g/mol. The summed E-state index contributed by atoms with van der Waals surface area (Å²) in [4.78, 5) is 26.8. The standard InChI is InChI=1S/C82H155NO10/c1-4-7-10-13-16-19-22-25-27-29-31-33-35-37-38-39-41-43-45-47-49-52-55-58-61-64-67-70-77(87)93-80-79(89)78(88)76(71-84)92-82(80)91-72-73(74(85)68-65-62-59-56-53-50-24-21-18-15-12-9-6-3)83-81(90)75(86)69-66-63-60-57-54-51-48-46-44-42-40-36-34-32-30-28-26-23-20-17-14-11-8-5-2/h17,20,26,28,65,68,73-76,78-80,82,84-86,88-89H,4-16,18-19,21-25,27,29-64,66-67,69-72H2,1-3H3,(H,83,90)/b20-17-,28-26-,68-65+. The fourth-order valence-electron chi connectivity index (χ4n) is 13.2. The molecule has 0 spiro atoms. The number of nitrogens with one attached hydrogen (secondary N) is 1. The van der Waals surface area contributed by atoms with E-state index in [0.717, 1.165) is 64.2 Å². The molecule has 6 N–H and O–H groups in total. The van der Waals surface area contributed by atoms with Gasteiger partial charge in [-0.05, 0) is 57.8 Å². The molecule has 0 bridgehead atoms. The number of aliphatic hydroxyl groups is 5. The summed E-state index contributed by atoms with van der Waals surface area (Å²) < 4.78 is 17.8. The maximum absolute atomic E-state index is 13.5. The lowest BCUT2D eigenvalue weighted by molar-refractivity contribution is -0.305. The van der Waals surface area contributed by atoms with Crippen molar-refractivity contribution in [1.82, 2.24) is 5.32 Å². The van der Waals surface area contributed by atoms with E-state index in [9.17, 15) is 35.1 Å². The molecule has 1 heterocycles. The highest BCUT2D eigenvalue weighted by Gasteiger charge is 2.47. The van der Waals surface area contributed by atoms with Crippen LogP contribution in [0.1, 0.15) is 412 Å². The van der Waals surface area contributed by atoms with Gasteiger partial charge in [-0.15, -0.1) is 0 Å². The number of hydrogen-bond acceptors (Lipinski definition) is 10. The van der Waals surface area contributed by atoms with Crippen LogP contribution in [0.2, 0.25) is 0 Å². The lowest BCUT2D eigenvalue weighted by Gasteiger charge is -2.41. The molecule has 1 saturated heterocycles. The molecule has 1 fully saturated rings. The second kappa shape index (κ2) is 69.8. The molecule has 93 heavy (non-hydrogen) atoms. The number of allylic oxidation sites excluding steroid dienone is 5. The number of carbonyl (C=O) groups excluding carboxylic acids is 2. The predicted octanol–water partition coefficient (Wildman–Crippen LogP) is 22.1. The van der Waals surface area contributed by atoms with E-state index in [1.807, 2.05) is 6.08 Å². The quantitative estimate of drug-likeness (QED) is 0.0195. The normalized spacial score (nSPS) is 18.0. The van der Waals surface area contributed by atoms with Crippen molar-refractivity contribution >= 4 is 11.9 Å². The molecule has 1 aliphatic rings. The molecule has 0 aromatic rings. The van der Waals surface area contributed by atoms with Crippen LogP contribution in [-0.2, 0) is 23.8 Å². The van der Waals surface area contributed by atoms with Crippen molar-refractivity contribution in [2.45, 2.75) is 461 Å². The van der Waals surface area contributed by atoms with Crippen molar-refractivity contribution in [3.63, 3.8) is 0 Å². The van der Waals surface area contributed by atoms with Gasteiger partial charge in [0.05, 0.1) is 25.4 Å². The number of esters is 1. The zero-order valence-corrected chi connectivity index (χ0v) is 61.4. The number of ether oxygens (including phenoxy) is 3. The third-order valence-corrected chi connectivity index (χ3v) is 19.5. The summed E-state index contributed by atoms with van der Waals surface area (Å²) in [6.07, 6.45) is 77.8. The van der Waals surface area contributed by atoms with Crippen molar-refractivity contribution in [3.05, 3.63) is 36.5 Å². The number of carbonyl (C=O) groups is 2. The van der Waals surface area contributed by atoms with E-state index in [2.05, 4.69) is 50.4 Å². The smallest absolute Gasteiger partial charge is 0.306 e. The van der Waals surface area contributed by atoms with Crippen molar-refractivity contribution in [1.29, 1.82) is 0 Å². The van der Waals surface area contributed by atoms with Gasteiger partial charge < -0.3 is 45.1 Å². The lowest BCUT2D eigenvalue weighted by Crippen LogP contribution is -2.61. The number of amides is 1. The van der Waals surface area contributed by atoms with Gasteiger partial charge in [0, 0.05) is 6.42 Å². The van der Waals surface area contributed by atoms with Crippen LogP contribution in [0.25, 0.3) is 0 Å². The number of unbranched alkanes of at least 4 members (excludes halogenated alkanes) is 54. The van der Waals surface area contributed by atoms with Crippen LogP contribution in [0.4, 0.5) is 0 Å². The highest BCUT2D eigenvalue weighted by Crippen LogP contribution is 2.27. The van der Waals surface area contributed by atoms with E-state index in [1.165, 1.54) is 302 Å². The van der Waals surface area contributed by atoms with Crippen molar-refractivity contribution in [3.8, 4) is 0 Å². The van der Waals surface area contributed by atoms with Crippen LogP contribution in [0.5, 0.6) is 0 Å². The maximum Gasteiger partial charge on any atom is 0.306 e. The second-order valence-corrected chi connectivity index (χ2v) is 28.5. The van der Waals surface area contributed by atoms with Gasteiger partial charge in [-0.25, -0.2) is 0 Å². The van der Waals surface area contributed by atoms with Gasteiger partial charge in [0.25, 0.3) is 0 Å². The van der Waals surface area contributed by atoms with Crippen LogP contribution in [0, 0.1) is 0 Å². The average molecular weight is 1320 g/mol. The van der Waals surface area contributed by atoms with Gasteiger partial charge in [0.1, 0.15) is 24.4 Å². The first kappa shape index (κ1) is 88.9. The Kier molecular flexibility index (Phi) is 66.7.